The molecule has 0 aliphatic heterocycles. The van der Waals surface area contributed by atoms with Gasteiger partial charge in [0.15, 0.2) is 0 Å². The molecule has 0 bridgehead atoms. The Morgan fingerprint density at radius 2 is 1.71 bits per heavy atom. The predicted octanol–water partition coefficient (Wildman–Crippen LogP) is 4.46. The number of benzene rings is 2. The molecule has 0 aliphatic rings. The Kier molecular flexibility index (Phi) is 5.02. The Balaban J connectivity index is 2.05. The Labute approximate surface area is 133 Å². The van der Waals surface area contributed by atoms with Crippen molar-refractivity contribution in [3.63, 3.8) is 0 Å². The average Bonchev–Trinajstić information content (AvgIpc) is 2.50. The van der Waals surface area contributed by atoms with Crippen LogP contribution in [0.3, 0.4) is 0 Å². The first kappa shape index (κ1) is 15.6. The Hall–Kier alpha value is -1.81. The maximum absolute atomic E-state index is 11.4. The third-order valence-corrected chi connectivity index (χ3v) is 4.56. The summed E-state index contributed by atoms with van der Waals surface area (Å²) in [6.45, 7) is 4.86. The molecule has 0 unspecified atom stereocenters. The molecule has 0 radical (unpaired) electrons. The Morgan fingerprint density at radius 1 is 1.14 bits per heavy atom. The quantitative estimate of drug-likeness (QED) is 0.829. The van der Waals surface area contributed by atoms with Gasteiger partial charge in [0.05, 0.1) is 12.7 Å². The third-order valence-electron chi connectivity index (χ3n) is 3.31. The molecule has 4 heteroatoms. The summed E-state index contributed by atoms with van der Waals surface area (Å²) in [5, 5.41) is 3.40. The zero-order valence-corrected chi connectivity index (χ0v) is 14.0. The number of aryl methyl sites for hydroxylation is 2. The van der Waals surface area contributed by atoms with Crippen LogP contribution in [-0.2, 0) is 11.3 Å². The van der Waals surface area contributed by atoms with Crippen molar-refractivity contribution >= 4 is 27.6 Å². The zero-order chi connectivity index (χ0) is 15.4. The highest BCUT2D eigenvalue weighted by atomic mass is 79.9. The first-order valence-electron chi connectivity index (χ1n) is 6.69. The summed E-state index contributed by atoms with van der Waals surface area (Å²) >= 11 is 3.57. The number of hydrogen-bond acceptors (Lipinski definition) is 3. The second-order valence-corrected chi connectivity index (χ2v) is 5.76. The molecule has 1 N–H and O–H groups in total. The maximum Gasteiger partial charge on any atom is 0.337 e. The molecule has 3 nitrogen and oxygen atoms in total. The molecule has 0 aliphatic carbocycles. The summed E-state index contributed by atoms with van der Waals surface area (Å²) in [7, 11) is 1.38. The van der Waals surface area contributed by atoms with Gasteiger partial charge in [-0.3, -0.25) is 0 Å². The van der Waals surface area contributed by atoms with Gasteiger partial charge in [0, 0.05) is 16.7 Å². The van der Waals surface area contributed by atoms with E-state index in [1.807, 2.05) is 12.1 Å². The molecule has 0 spiro atoms. The molecule has 2 aromatic rings. The summed E-state index contributed by atoms with van der Waals surface area (Å²) in [4.78, 5) is 11.4. The highest BCUT2D eigenvalue weighted by molar-refractivity contribution is 9.10. The largest absolute Gasteiger partial charge is 0.465 e. The van der Waals surface area contributed by atoms with Crippen molar-refractivity contribution in [3.05, 3.63) is 63.1 Å². The minimum Gasteiger partial charge on any atom is -0.465 e. The molecule has 21 heavy (non-hydrogen) atoms. The fourth-order valence-corrected chi connectivity index (χ4v) is 2.36. The molecule has 0 fully saturated rings. The minimum absolute atomic E-state index is 0.311. The molecule has 0 saturated carbocycles. The van der Waals surface area contributed by atoms with E-state index in [1.54, 1.807) is 12.1 Å². The third kappa shape index (κ3) is 3.85. The van der Waals surface area contributed by atoms with Gasteiger partial charge >= 0.3 is 5.97 Å². The highest BCUT2D eigenvalue weighted by Gasteiger charge is 2.05. The topological polar surface area (TPSA) is 38.3 Å². The van der Waals surface area contributed by atoms with Crippen molar-refractivity contribution in [2.45, 2.75) is 20.4 Å². The van der Waals surface area contributed by atoms with Gasteiger partial charge in [0.2, 0.25) is 0 Å². The number of carbonyl (C=O) groups excluding carboxylic acids is 1. The number of ether oxygens (including phenoxy) is 1. The molecule has 0 heterocycles. The summed E-state index contributed by atoms with van der Waals surface area (Å²) in [6.07, 6.45) is 0. The van der Waals surface area contributed by atoms with E-state index in [1.165, 1.54) is 18.2 Å². The monoisotopic (exact) mass is 347 g/mol. The lowest BCUT2D eigenvalue weighted by Gasteiger charge is -2.11. The molecule has 0 amide bonds. The van der Waals surface area contributed by atoms with Gasteiger partial charge in [-0.1, -0.05) is 28.1 Å². The number of nitrogens with one attached hydrogen (secondary N) is 1. The van der Waals surface area contributed by atoms with Gasteiger partial charge in [0.1, 0.15) is 0 Å². The van der Waals surface area contributed by atoms with Crippen molar-refractivity contribution in [3.8, 4) is 0 Å². The smallest absolute Gasteiger partial charge is 0.337 e. The van der Waals surface area contributed by atoms with Gasteiger partial charge in [-0.25, -0.2) is 4.79 Å². The van der Waals surface area contributed by atoms with Gasteiger partial charge < -0.3 is 10.1 Å². The van der Waals surface area contributed by atoms with Crippen LogP contribution in [-0.4, -0.2) is 13.1 Å². The molecular formula is C17H18BrNO2. The van der Waals surface area contributed by atoms with E-state index in [4.69, 9.17) is 0 Å². The summed E-state index contributed by atoms with van der Waals surface area (Å²) in [6, 6.07) is 11.6. The average molecular weight is 348 g/mol. The predicted molar refractivity (Wildman–Crippen MR) is 88.7 cm³/mol. The van der Waals surface area contributed by atoms with Gasteiger partial charge in [-0.05, 0) is 54.8 Å². The Bertz CT molecular complexity index is 627. The summed E-state index contributed by atoms with van der Waals surface area (Å²) in [5.74, 6) is -0.311. The van der Waals surface area contributed by atoms with E-state index in [0.717, 1.165) is 15.7 Å². The summed E-state index contributed by atoms with van der Waals surface area (Å²) < 4.78 is 5.83. The van der Waals surface area contributed by atoms with Crippen LogP contribution in [0.5, 0.6) is 0 Å². The maximum atomic E-state index is 11.4. The SMILES string of the molecule is COC(=O)c1ccc(CNc2cc(C)c(Br)c(C)c2)cc1. The zero-order valence-electron chi connectivity index (χ0n) is 12.4. The normalized spacial score (nSPS) is 10.3. The lowest BCUT2D eigenvalue weighted by atomic mass is 10.1. The number of carbonyl (C=O) groups is 1. The van der Waals surface area contributed by atoms with E-state index < -0.39 is 0 Å². The van der Waals surface area contributed by atoms with Crippen molar-refractivity contribution < 1.29 is 9.53 Å². The fourth-order valence-electron chi connectivity index (χ4n) is 2.13. The van der Waals surface area contributed by atoms with Crippen molar-refractivity contribution in [1.29, 1.82) is 0 Å². The number of anilines is 1. The van der Waals surface area contributed by atoms with Gasteiger partial charge in [-0.2, -0.15) is 0 Å². The van der Waals surface area contributed by atoms with Crippen LogP contribution < -0.4 is 5.32 Å². The standard InChI is InChI=1S/C17H18BrNO2/c1-11-8-15(9-12(2)16(11)18)19-10-13-4-6-14(7-5-13)17(20)21-3/h4-9,19H,10H2,1-3H3. The van der Waals surface area contributed by atoms with E-state index >= 15 is 0 Å². The molecule has 2 aromatic carbocycles. The second-order valence-electron chi connectivity index (χ2n) is 4.97. The van der Waals surface area contributed by atoms with Crippen LogP contribution in [0.4, 0.5) is 5.69 Å². The second kappa shape index (κ2) is 6.76. The first-order valence-corrected chi connectivity index (χ1v) is 7.48. The Morgan fingerprint density at radius 3 is 2.24 bits per heavy atom. The number of hydrogen-bond donors (Lipinski definition) is 1. The number of methoxy groups -OCH3 is 1. The van der Waals surface area contributed by atoms with E-state index in [0.29, 0.717) is 12.1 Å². The van der Waals surface area contributed by atoms with Crippen LogP contribution in [0.15, 0.2) is 40.9 Å². The molecule has 0 saturated heterocycles. The van der Waals surface area contributed by atoms with Crippen LogP contribution in [0.2, 0.25) is 0 Å². The number of rotatable bonds is 4. The van der Waals surface area contributed by atoms with Crippen molar-refractivity contribution in [2.75, 3.05) is 12.4 Å². The fraction of sp³-hybridized carbons (Fsp3) is 0.235. The minimum atomic E-state index is -0.311. The van der Waals surface area contributed by atoms with Crippen LogP contribution in [0.25, 0.3) is 0 Å². The van der Waals surface area contributed by atoms with Crippen LogP contribution >= 0.6 is 15.9 Å². The van der Waals surface area contributed by atoms with Gasteiger partial charge in [0.25, 0.3) is 0 Å². The number of esters is 1. The molecule has 2 rings (SSSR count). The molecule has 0 atom stereocenters. The highest BCUT2D eigenvalue weighted by Crippen LogP contribution is 2.25. The summed E-state index contributed by atoms with van der Waals surface area (Å²) in [5.41, 5.74) is 5.18. The lowest BCUT2D eigenvalue weighted by molar-refractivity contribution is 0.0600. The van der Waals surface area contributed by atoms with Crippen molar-refractivity contribution in [2.24, 2.45) is 0 Å². The molecular weight excluding hydrogens is 330 g/mol. The van der Waals surface area contributed by atoms with Gasteiger partial charge in [-0.15, -0.1) is 0 Å². The molecule has 110 valence electrons. The first-order chi connectivity index (χ1) is 10.0. The van der Waals surface area contributed by atoms with E-state index in [2.05, 4.69) is 52.0 Å². The van der Waals surface area contributed by atoms with Crippen molar-refractivity contribution in [1.82, 2.24) is 0 Å². The van der Waals surface area contributed by atoms with E-state index in [-0.39, 0.29) is 5.97 Å². The van der Waals surface area contributed by atoms with E-state index in [9.17, 15) is 4.79 Å². The molecule has 0 aromatic heterocycles. The number of halogens is 1. The lowest BCUT2D eigenvalue weighted by Crippen LogP contribution is -2.03. The van der Waals surface area contributed by atoms with Crippen LogP contribution in [0.1, 0.15) is 27.0 Å². The van der Waals surface area contributed by atoms with Crippen LogP contribution in [0, 0.1) is 13.8 Å².